The highest BCUT2D eigenvalue weighted by Gasteiger charge is 2.39. The van der Waals surface area contributed by atoms with Gasteiger partial charge in [0, 0.05) is 11.8 Å². The first-order chi connectivity index (χ1) is 16.6. The molecule has 0 rings (SSSR count). The summed E-state index contributed by atoms with van der Waals surface area (Å²) in [7, 11) is -2.68. The van der Waals surface area contributed by atoms with Crippen LogP contribution in [0.2, 0.25) is 0 Å². The van der Waals surface area contributed by atoms with Gasteiger partial charge in [0.05, 0.1) is 97.1 Å². The molecule has 218 valence electrons. The minimum atomic E-state index is -2.68. The minimum Gasteiger partial charge on any atom is -0.786 e. The minimum absolute atomic E-state index is 0.0177. The van der Waals surface area contributed by atoms with E-state index in [-0.39, 0.29) is 64.7 Å². The fraction of sp³-hybridized carbons (Fsp3) is 1.00. The van der Waals surface area contributed by atoms with E-state index in [1.54, 1.807) is 41.5 Å². The van der Waals surface area contributed by atoms with Gasteiger partial charge in [-0.25, -0.2) is 0 Å². The molecule has 12 heteroatoms. The van der Waals surface area contributed by atoms with Crippen molar-refractivity contribution in [1.29, 1.82) is 0 Å². The highest BCUT2D eigenvalue weighted by Crippen LogP contribution is 2.44. The van der Waals surface area contributed by atoms with Gasteiger partial charge < -0.3 is 53.3 Å². The zero-order chi connectivity index (χ0) is 27.9. The summed E-state index contributed by atoms with van der Waals surface area (Å²) in [6.07, 6.45) is -2.62. The maximum atomic E-state index is 13.2. The Kier molecular flexibility index (Phi) is 18.3. The van der Waals surface area contributed by atoms with Crippen molar-refractivity contribution < 1.29 is 53.3 Å². The van der Waals surface area contributed by atoms with Crippen molar-refractivity contribution in [2.75, 3.05) is 52.9 Å². The number of rotatable bonds is 22. The quantitative estimate of drug-likeness (QED) is 0.144. The molecule has 0 fully saturated rings. The highest BCUT2D eigenvalue weighted by atomic mass is 31.2. The van der Waals surface area contributed by atoms with Gasteiger partial charge in [-0.2, -0.15) is 0 Å². The van der Waals surface area contributed by atoms with Crippen LogP contribution < -0.4 is 4.89 Å². The lowest BCUT2D eigenvalue weighted by Crippen LogP contribution is -2.47. The highest BCUT2D eigenvalue weighted by molar-refractivity contribution is 7.39. The van der Waals surface area contributed by atoms with Gasteiger partial charge in [-0.05, 0) is 41.5 Å². The van der Waals surface area contributed by atoms with Crippen molar-refractivity contribution in [2.45, 2.75) is 91.0 Å². The largest absolute Gasteiger partial charge is 0.786 e. The first-order valence-electron chi connectivity index (χ1n) is 12.5. The molecule has 11 nitrogen and oxygen atoms in total. The maximum Gasteiger partial charge on any atom is 0.0991 e. The predicted molar refractivity (Wildman–Crippen MR) is 134 cm³/mol. The summed E-state index contributed by atoms with van der Waals surface area (Å²) >= 11 is 0. The average Bonchev–Trinajstić information content (AvgIpc) is 2.72. The van der Waals surface area contributed by atoms with Gasteiger partial charge >= 0.3 is 0 Å². The molecule has 36 heavy (non-hydrogen) atoms. The van der Waals surface area contributed by atoms with Crippen LogP contribution >= 0.6 is 8.60 Å². The van der Waals surface area contributed by atoms with Gasteiger partial charge in [0.15, 0.2) is 0 Å². The van der Waals surface area contributed by atoms with E-state index in [0.29, 0.717) is 0 Å². The van der Waals surface area contributed by atoms with Crippen LogP contribution in [0.5, 0.6) is 0 Å². The molecule has 0 amide bonds. The lowest BCUT2D eigenvalue weighted by Gasteiger charge is -2.45. The van der Waals surface area contributed by atoms with E-state index in [1.807, 2.05) is 13.8 Å². The number of hydrogen-bond acceptors (Lipinski definition) is 11. The van der Waals surface area contributed by atoms with E-state index in [0.717, 1.165) is 0 Å². The number of hydrogen-bond donors (Lipinski definition) is 4. The topological polar surface area (TPSA) is 159 Å². The normalized spacial score (nSPS) is 21.6. The van der Waals surface area contributed by atoms with E-state index in [1.165, 1.54) is 0 Å². The maximum absolute atomic E-state index is 13.2. The molecule has 0 aliphatic rings. The van der Waals surface area contributed by atoms with Crippen LogP contribution in [0.25, 0.3) is 0 Å². The van der Waals surface area contributed by atoms with E-state index in [4.69, 9.17) is 28.0 Å². The average molecular weight is 546 g/mol. The third-order valence-electron chi connectivity index (χ3n) is 5.60. The van der Waals surface area contributed by atoms with E-state index in [9.17, 15) is 25.3 Å². The molecule has 8 unspecified atom stereocenters. The lowest BCUT2D eigenvalue weighted by atomic mass is 9.92. The van der Waals surface area contributed by atoms with Gasteiger partial charge in [-0.15, -0.1) is 0 Å². The third kappa shape index (κ3) is 16.1. The molecule has 0 radical (unpaired) electrons. The van der Waals surface area contributed by atoms with Crippen LogP contribution in [0, 0.1) is 11.8 Å². The summed E-state index contributed by atoms with van der Waals surface area (Å²) in [6.45, 7) is 14.4. The molecule has 0 heterocycles. The SMILES string of the molecule is CC(O)COCC(C)C(C)(COCC(C)O)OP([O-])OC(C)(COCC(C)O)C(C)COCC(C)O. The summed E-state index contributed by atoms with van der Waals surface area (Å²) in [5.41, 5.74) is -2.21. The summed E-state index contributed by atoms with van der Waals surface area (Å²) in [6, 6.07) is 0. The predicted octanol–water partition coefficient (Wildman–Crippen LogP) is 0.986. The van der Waals surface area contributed by atoms with E-state index in [2.05, 4.69) is 0 Å². The molecule has 0 bridgehead atoms. The van der Waals surface area contributed by atoms with Crippen molar-refractivity contribution in [1.82, 2.24) is 0 Å². The summed E-state index contributed by atoms with van der Waals surface area (Å²) in [5.74, 6) is -0.616. The molecule has 8 atom stereocenters. The second-order valence-corrected chi connectivity index (χ2v) is 11.1. The number of aliphatic hydroxyl groups is 4. The van der Waals surface area contributed by atoms with Crippen LogP contribution in [0.1, 0.15) is 55.4 Å². The molecule has 4 N–H and O–H groups in total. The Morgan fingerprint density at radius 2 is 0.833 bits per heavy atom. The summed E-state index contributed by atoms with van der Waals surface area (Å²) in [4.78, 5) is 13.2. The Morgan fingerprint density at radius 1 is 0.556 bits per heavy atom. The Hall–Kier alpha value is -0.0100. The second-order valence-electron chi connectivity index (χ2n) is 10.3. The molecule has 0 aromatic heterocycles. The molecular weight excluding hydrogens is 495 g/mol. The fourth-order valence-electron chi connectivity index (χ4n) is 2.92. The molecule has 0 saturated carbocycles. The lowest BCUT2D eigenvalue weighted by molar-refractivity contribution is -0.239. The molecular formula is C24H50O11P-. The Morgan fingerprint density at radius 3 is 1.11 bits per heavy atom. The summed E-state index contributed by atoms with van der Waals surface area (Å²) < 4.78 is 34.1. The van der Waals surface area contributed by atoms with Crippen LogP contribution in [0.4, 0.5) is 0 Å². The van der Waals surface area contributed by atoms with Gasteiger partial charge in [0.2, 0.25) is 0 Å². The Bertz CT molecular complexity index is 506. The van der Waals surface area contributed by atoms with Crippen molar-refractivity contribution in [3.8, 4) is 0 Å². The molecule has 0 aromatic rings. The number of ether oxygens (including phenoxy) is 4. The second kappa shape index (κ2) is 18.3. The monoisotopic (exact) mass is 545 g/mol. The van der Waals surface area contributed by atoms with Gasteiger partial charge in [-0.3, -0.25) is 0 Å². The summed E-state index contributed by atoms with van der Waals surface area (Å²) in [5, 5.41) is 38.0. The third-order valence-corrected chi connectivity index (χ3v) is 6.73. The molecule has 0 aliphatic carbocycles. The van der Waals surface area contributed by atoms with Crippen LogP contribution in [0.3, 0.4) is 0 Å². The van der Waals surface area contributed by atoms with E-state index < -0.39 is 44.2 Å². The zero-order valence-corrected chi connectivity index (χ0v) is 24.1. The van der Waals surface area contributed by atoms with Gasteiger partial charge in [-0.1, -0.05) is 13.8 Å². The fourth-order valence-corrected chi connectivity index (χ4v) is 4.11. The van der Waals surface area contributed by atoms with E-state index >= 15 is 0 Å². The first-order valence-corrected chi connectivity index (χ1v) is 13.6. The molecule has 0 spiro atoms. The van der Waals surface area contributed by atoms with Crippen molar-refractivity contribution >= 4 is 8.60 Å². The Balaban J connectivity index is 5.45. The van der Waals surface area contributed by atoms with Crippen molar-refractivity contribution in [3.63, 3.8) is 0 Å². The number of aliphatic hydroxyl groups excluding tert-OH is 4. The zero-order valence-electron chi connectivity index (χ0n) is 23.2. The van der Waals surface area contributed by atoms with Gasteiger partial charge in [0.25, 0.3) is 0 Å². The molecule has 0 aromatic carbocycles. The van der Waals surface area contributed by atoms with Crippen LogP contribution in [0.15, 0.2) is 0 Å². The molecule has 0 saturated heterocycles. The smallest absolute Gasteiger partial charge is 0.0991 e. The van der Waals surface area contributed by atoms with Crippen LogP contribution in [-0.4, -0.2) is 109 Å². The Labute approximate surface area is 218 Å². The van der Waals surface area contributed by atoms with Gasteiger partial charge in [0.1, 0.15) is 0 Å². The van der Waals surface area contributed by atoms with Crippen molar-refractivity contribution in [3.05, 3.63) is 0 Å². The standard InChI is InChI=1S/C24H50O11P/c1-17(9-30-11-19(3)25)23(7,15-32-13-21(5)27)34-36(29)35-24(8,16-33-14-22(6)28)18(2)10-31-12-20(4)26/h17-22,25-28H,9-16H2,1-8H3/q-1. The van der Waals surface area contributed by atoms with Crippen molar-refractivity contribution in [2.24, 2.45) is 11.8 Å². The molecule has 0 aliphatic heterocycles. The first kappa shape index (κ1) is 36.0. The van der Waals surface area contributed by atoms with Crippen LogP contribution in [-0.2, 0) is 28.0 Å².